The van der Waals surface area contributed by atoms with Crippen LogP contribution in [0.4, 0.5) is 0 Å². The molecule has 0 aliphatic heterocycles. The Labute approximate surface area is 94.7 Å². The number of benzene rings is 1. The van der Waals surface area contributed by atoms with Crippen molar-refractivity contribution in [1.82, 2.24) is 4.98 Å². The zero-order chi connectivity index (χ0) is 9.80. The van der Waals surface area contributed by atoms with Crippen LogP contribution in [0.1, 0.15) is 19.8 Å². The van der Waals surface area contributed by atoms with E-state index in [0.29, 0.717) is 15.0 Å². The second kappa shape index (κ2) is 4.92. The van der Waals surface area contributed by atoms with Gasteiger partial charge in [0.15, 0.2) is 0 Å². The first kappa shape index (κ1) is 10.2. The van der Waals surface area contributed by atoms with Crippen molar-refractivity contribution in [1.29, 1.82) is 0 Å². The molecule has 0 bridgehead atoms. The second-order valence-electron chi connectivity index (χ2n) is 3.15. The summed E-state index contributed by atoms with van der Waals surface area (Å²) in [6.07, 6.45) is 2.64. The molecule has 0 aliphatic carbocycles. The van der Waals surface area contributed by atoms with E-state index in [0.717, 1.165) is 0 Å². The summed E-state index contributed by atoms with van der Waals surface area (Å²) in [5, 5.41) is 1.34. The summed E-state index contributed by atoms with van der Waals surface area (Å²) in [6, 6.07) is 8.41. The number of thiazole rings is 1. The van der Waals surface area contributed by atoms with Crippen LogP contribution in [0.5, 0.6) is 0 Å². The Morgan fingerprint density at radius 1 is 1.36 bits per heavy atom. The predicted molar refractivity (Wildman–Crippen MR) is 64.7 cm³/mol. The first-order valence-corrected chi connectivity index (χ1v) is 7.77. The van der Waals surface area contributed by atoms with Gasteiger partial charge in [0.05, 0.1) is 0 Å². The van der Waals surface area contributed by atoms with E-state index in [1.54, 1.807) is 0 Å². The van der Waals surface area contributed by atoms with Crippen LogP contribution in [-0.4, -0.2) is 19.9 Å². The molecule has 2 aromatic rings. The van der Waals surface area contributed by atoms with Gasteiger partial charge in [0.25, 0.3) is 0 Å². The number of aromatic nitrogens is 1. The van der Waals surface area contributed by atoms with E-state index in [1.807, 2.05) is 11.3 Å². The first-order valence-electron chi connectivity index (χ1n) is 4.88. The zero-order valence-corrected chi connectivity index (χ0v) is 10.7. The van der Waals surface area contributed by atoms with E-state index in [1.165, 1.54) is 32.3 Å². The van der Waals surface area contributed by atoms with E-state index in [4.69, 9.17) is 0 Å². The molecule has 1 nitrogen and oxygen atoms in total. The van der Waals surface area contributed by atoms with Gasteiger partial charge in [0, 0.05) is 0 Å². The maximum atomic E-state index is 4.63. The molecule has 1 heterocycles. The van der Waals surface area contributed by atoms with E-state index < -0.39 is 0 Å². The van der Waals surface area contributed by atoms with Crippen LogP contribution in [0.3, 0.4) is 0 Å². The zero-order valence-electron chi connectivity index (χ0n) is 8.19. The van der Waals surface area contributed by atoms with Gasteiger partial charge in [0.2, 0.25) is 0 Å². The first-order chi connectivity index (χ1) is 6.90. The summed E-state index contributed by atoms with van der Waals surface area (Å²) in [7, 11) is 0. The number of unbranched alkanes of at least 4 members (excludes halogenated alkanes) is 1. The Morgan fingerprint density at radius 2 is 2.21 bits per heavy atom. The van der Waals surface area contributed by atoms with Gasteiger partial charge in [-0.25, -0.2) is 0 Å². The van der Waals surface area contributed by atoms with Crippen LogP contribution < -0.4 is 3.91 Å². The van der Waals surface area contributed by atoms with Gasteiger partial charge in [-0.3, -0.25) is 0 Å². The average molecular weight is 270 g/mol. The second-order valence-corrected chi connectivity index (χ2v) is 7.04. The average Bonchev–Trinajstić information content (AvgIpc) is 2.60. The van der Waals surface area contributed by atoms with Crippen molar-refractivity contribution in [3.05, 3.63) is 24.3 Å². The number of hydrogen-bond donors (Lipinski definition) is 0. The molecule has 0 unspecified atom stereocenters. The molecule has 74 valence electrons. The van der Waals surface area contributed by atoms with Gasteiger partial charge in [-0.1, -0.05) is 0 Å². The molecular weight excluding hydrogens is 257 g/mol. The maximum absolute atomic E-state index is 4.63. The molecule has 0 fully saturated rings. The number of nitrogens with zero attached hydrogens (tertiary/aromatic N) is 1. The molecule has 0 spiro atoms. The SMILES string of the molecule is CCCC[Se]c1nc2ccccc2s1. The molecule has 0 radical (unpaired) electrons. The molecule has 0 amide bonds. The molecule has 0 saturated heterocycles. The van der Waals surface area contributed by atoms with Crippen LogP contribution in [0, 0.1) is 0 Å². The molecule has 0 aliphatic rings. The molecule has 14 heavy (non-hydrogen) atoms. The van der Waals surface area contributed by atoms with Crippen LogP contribution in [0.15, 0.2) is 24.3 Å². The Morgan fingerprint density at radius 3 is 3.00 bits per heavy atom. The van der Waals surface area contributed by atoms with Crippen LogP contribution in [0.2, 0.25) is 5.32 Å². The Bertz CT molecular complexity index is 377. The van der Waals surface area contributed by atoms with E-state index >= 15 is 0 Å². The third-order valence-corrected chi connectivity index (χ3v) is 5.71. The van der Waals surface area contributed by atoms with Gasteiger partial charge in [-0.15, -0.1) is 0 Å². The quantitative estimate of drug-likeness (QED) is 0.615. The van der Waals surface area contributed by atoms with Crippen LogP contribution in [0.25, 0.3) is 10.2 Å². The van der Waals surface area contributed by atoms with Crippen molar-refractivity contribution < 1.29 is 0 Å². The van der Waals surface area contributed by atoms with Gasteiger partial charge in [-0.05, 0) is 0 Å². The Kier molecular flexibility index (Phi) is 3.57. The molecule has 1 aromatic heterocycles. The summed E-state index contributed by atoms with van der Waals surface area (Å²) >= 11 is 2.46. The van der Waals surface area contributed by atoms with Crippen molar-refractivity contribution >= 4 is 40.4 Å². The molecule has 3 heteroatoms. The summed E-state index contributed by atoms with van der Waals surface area (Å²) in [6.45, 7) is 2.24. The third kappa shape index (κ3) is 2.35. The fourth-order valence-corrected chi connectivity index (χ4v) is 4.96. The minimum absolute atomic E-state index is 0.597. The molecule has 2 rings (SSSR count). The fourth-order valence-electron chi connectivity index (χ4n) is 1.22. The number of fused-ring (bicyclic) bond motifs is 1. The Balaban J connectivity index is 2.11. The fraction of sp³-hybridized carbons (Fsp3) is 0.364. The van der Waals surface area contributed by atoms with Crippen molar-refractivity contribution in [3.8, 4) is 0 Å². The van der Waals surface area contributed by atoms with E-state index in [9.17, 15) is 0 Å². The van der Waals surface area contributed by atoms with Crippen molar-refractivity contribution in [3.63, 3.8) is 0 Å². The standard InChI is InChI=1S/C11H13NSSe/c1-2-3-8-14-11-12-9-6-4-5-7-10(9)13-11/h4-7H,2-3,8H2,1H3. The number of rotatable bonds is 4. The monoisotopic (exact) mass is 271 g/mol. The minimum atomic E-state index is 0.597. The summed E-state index contributed by atoms with van der Waals surface area (Å²) in [5.41, 5.74) is 1.17. The predicted octanol–water partition coefficient (Wildman–Crippen LogP) is 2.84. The third-order valence-electron chi connectivity index (χ3n) is 2.00. The summed E-state index contributed by atoms with van der Waals surface area (Å²) in [5.74, 6) is 0. The number of hydrogen-bond acceptors (Lipinski definition) is 2. The molecule has 0 saturated carbocycles. The Hall–Kier alpha value is -0.371. The summed E-state index contributed by atoms with van der Waals surface area (Å²) < 4.78 is 2.69. The van der Waals surface area contributed by atoms with Crippen LogP contribution in [-0.2, 0) is 0 Å². The topological polar surface area (TPSA) is 12.9 Å². The van der Waals surface area contributed by atoms with Crippen LogP contribution >= 0.6 is 11.3 Å². The number of para-hydroxylation sites is 1. The van der Waals surface area contributed by atoms with Gasteiger partial charge in [0.1, 0.15) is 0 Å². The van der Waals surface area contributed by atoms with Gasteiger partial charge < -0.3 is 0 Å². The normalized spacial score (nSPS) is 10.9. The van der Waals surface area contributed by atoms with Gasteiger partial charge >= 0.3 is 94.8 Å². The molecule has 0 atom stereocenters. The van der Waals surface area contributed by atoms with Crippen molar-refractivity contribution in [2.75, 3.05) is 0 Å². The summed E-state index contributed by atoms with van der Waals surface area (Å²) in [4.78, 5) is 4.63. The van der Waals surface area contributed by atoms with Crippen molar-refractivity contribution in [2.45, 2.75) is 25.1 Å². The molecule has 0 N–H and O–H groups in total. The van der Waals surface area contributed by atoms with E-state index in [-0.39, 0.29) is 0 Å². The molecular formula is C11H13NSSe. The van der Waals surface area contributed by atoms with Crippen molar-refractivity contribution in [2.24, 2.45) is 0 Å². The van der Waals surface area contributed by atoms with E-state index in [2.05, 4.69) is 36.2 Å². The molecule has 1 aromatic carbocycles. The van der Waals surface area contributed by atoms with Gasteiger partial charge in [-0.2, -0.15) is 0 Å².